The van der Waals surface area contributed by atoms with E-state index >= 15 is 0 Å². The minimum Gasteiger partial charge on any atom is -0.406 e. The lowest BCUT2D eigenvalue weighted by Gasteiger charge is -2.10. The van der Waals surface area contributed by atoms with E-state index in [4.69, 9.17) is 22.6 Å². The van der Waals surface area contributed by atoms with Gasteiger partial charge in [0, 0.05) is 12.1 Å². The van der Waals surface area contributed by atoms with Crippen molar-refractivity contribution in [1.29, 1.82) is 5.26 Å². The summed E-state index contributed by atoms with van der Waals surface area (Å²) in [6.07, 6.45) is -4.83. The fraction of sp³-hybridized carbons (Fsp3) is 0.125. The molecule has 0 unspecified atom stereocenters. The third-order valence-electron chi connectivity index (χ3n) is 1.46. The zero-order valence-electron chi connectivity index (χ0n) is 7.10. The Labute approximate surface area is 87.8 Å². The third-order valence-corrected chi connectivity index (χ3v) is 1.77. The highest BCUT2D eigenvalue weighted by molar-refractivity contribution is 6.33. The molecule has 1 aromatic carbocycles. The van der Waals surface area contributed by atoms with E-state index in [0.29, 0.717) is 0 Å². The molecule has 0 aliphatic heterocycles. The van der Waals surface area contributed by atoms with Gasteiger partial charge in [-0.1, -0.05) is 11.6 Å². The molecule has 1 rings (SSSR count). The first kappa shape index (κ1) is 11.5. The molecule has 0 saturated heterocycles. The SMILES string of the molecule is N#Cc1cc(OC(F)(F)F)cc(Cl)c1N. The highest BCUT2D eigenvalue weighted by Gasteiger charge is 2.31. The van der Waals surface area contributed by atoms with Crippen LogP contribution >= 0.6 is 11.6 Å². The molecule has 3 nitrogen and oxygen atoms in total. The third kappa shape index (κ3) is 2.92. The molecule has 0 aromatic heterocycles. The van der Waals surface area contributed by atoms with Crippen molar-refractivity contribution in [2.75, 3.05) is 5.73 Å². The summed E-state index contributed by atoms with van der Waals surface area (Å²) in [7, 11) is 0. The van der Waals surface area contributed by atoms with Crippen molar-refractivity contribution < 1.29 is 17.9 Å². The van der Waals surface area contributed by atoms with Gasteiger partial charge in [0.1, 0.15) is 11.8 Å². The van der Waals surface area contributed by atoms with E-state index in [1.54, 1.807) is 6.07 Å². The van der Waals surface area contributed by atoms with Gasteiger partial charge in [-0.25, -0.2) is 0 Å². The molecule has 0 aliphatic carbocycles. The largest absolute Gasteiger partial charge is 0.573 e. The predicted octanol–water partition coefficient (Wildman–Crippen LogP) is 2.69. The lowest BCUT2D eigenvalue weighted by molar-refractivity contribution is -0.274. The molecule has 0 bridgehead atoms. The average molecular weight is 237 g/mol. The molecule has 0 aliphatic rings. The molecule has 15 heavy (non-hydrogen) atoms. The molecule has 1 aromatic rings. The minimum absolute atomic E-state index is 0.0753. The molecular formula is C8H4ClF3N2O. The maximum absolute atomic E-state index is 11.8. The number of halogens is 4. The summed E-state index contributed by atoms with van der Waals surface area (Å²) in [5.41, 5.74) is 5.09. The topological polar surface area (TPSA) is 59.0 Å². The molecule has 0 radical (unpaired) electrons. The van der Waals surface area contributed by atoms with E-state index in [0.717, 1.165) is 12.1 Å². The number of nitrogens with two attached hydrogens (primary N) is 1. The van der Waals surface area contributed by atoms with Crippen LogP contribution in [0.3, 0.4) is 0 Å². The van der Waals surface area contributed by atoms with Gasteiger partial charge in [-0.2, -0.15) is 5.26 Å². The molecule has 0 spiro atoms. The van der Waals surface area contributed by atoms with Crippen LogP contribution in [0.5, 0.6) is 5.75 Å². The van der Waals surface area contributed by atoms with Crippen LogP contribution in [0, 0.1) is 11.3 Å². The van der Waals surface area contributed by atoms with Gasteiger partial charge >= 0.3 is 6.36 Å². The van der Waals surface area contributed by atoms with Gasteiger partial charge in [-0.05, 0) is 0 Å². The van der Waals surface area contributed by atoms with Gasteiger partial charge in [0.15, 0.2) is 0 Å². The molecule has 0 atom stereocenters. The standard InChI is InChI=1S/C8H4ClF3N2O/c9-6-2-5(15-8(10,11)12)1-4(3-13)7(6)14/h1-2H,14H2. The average Bonchev–Trinajstić information content (AvgIpc) is 2.08. The van der Waals surface area contributed by atoms with Crippen molar-refractivity contribution >= 4 is 17.3 Å². The Morgan fingerprint density at radius 3 is 2.47 bits per heavy atom. The van der Waals surface area contributed by atoms with Crippen LogP contribution in [-0.2, 0) is 0 Å². The van der Waals surface area contributed by atoms with E-state index in [1.165, 1.54) is 0 Å². The smallest absolute Gasteiger partial charge is 0.406 e. The Hall–Kier alpha value is -1.61. The maximum Gasteiger partial charge on any atom is 0.573 e. The summed E-state index contributed by atoms with van der Waals surface area (Å²) in [5, 5.41) is 8.38. The molecule has 0 saturated carbocycles. The van der Waals surface area contributed by atoms with Gasteiger partial charge in [0.2, 0.25) is 0 Å². The second-order valence-corrected chi connectivity index (χ2v) is 2.93. The van der Waals surface area contributed by atoms with Crippen LogP contribution in [0.25, 0.3) is 0 Å². The molecule has 0 amide bonds. The van der Waals surface area contributed by atoms with Gasteiger partial charge < -0.3 is 10.5 Å². The Morgan fingerprint density at radius 1 is 1.40 bits per heavy atom. The van der Waals surface area contributed by atoms with Crippen molar-refractivity contribution in [3.8, 4) is 11.8 Å². The highest BCUT2D eigenvalue weighted by Crippen LogP contribution is 2.31. The van der Waals surface area contributed by atoms with Crippen LogP contribution in [0.1, 0.15) is 5.56 Å². The number of nitrogens with zero attached hydrogens (tertiary/aromatic N) is 1. The number of benzene rings is 1. The second kappa shape index (κ2) is 3.87. The first-order chi connectivity index (χ1) is 6.83. The lowest BCUT2D eigenvalue weighted by Crippen LogP contribution is -2.17. The number of anilines is 1. The number of hydrogen-bond donors (Lipinski definition) is 1. The fourth-order valence-electron chi connectivity index (χ4n) is 0.878. The molecule has 2 N–H and O–H groups in total. The van der Waals surface area contributed by atoms with Crippen molar-refractivity contribution in [3.63, 3.8) is 0 Å². The summed E-state index contributed by atoms with van der Waals surface area (Å²) in [6.45, 7) is 0. The molecule has 0 heterocycles. The summed E-state index contributed by atoms with van der Waals surface area (Å²) in [4.78, 5) is 0. The highest BCUT2D eigenvalue weighted by atomic mass is 35.5. The van der Waals surface area contributed by atoms with Crippen LogP contribution in [-0.4, -0.2) is 6.36 Å². The molecular weight excluding hydrogens is 233 g/mol. The zero-order chi connectivity index (χ0) is 11.6. The second-order valence-electron chi connectivity index (χ2n) is 2.53. The van der Waals surface area contributed by atoms with Crippen molar-refractivity contribution in [3.05, 3.63) is 22.7 Å². The number of rotatable bonds is 1. The Bertz CT molecular complexity index is 425. The predicted molar refractivity (Wildman–Crippen MR) is 47.3 cm³/mol. The van der Waals surface area contributed by atoms with Crippen LogP contribution in [0.2, 0.25) is 5.02 Å². The fourth-order valence-corrected chi connectivity index (χ4v) is 1.09. The first-order valence-electron chi connectivity index (χ1n) is 3.58. The van der Waals surface area contributed by atoms with E-state index in [9.17, 15) is 13.2 Å². The number of ether oxygens (including phenoxy) is 1. The van der Waals surface area contributed by atoms with Gasteiger partial charge in [0.05, 0.1) is 16.3 Å². The lowest BCUT2D eigenvalue weighted by atomic mass is 10.2. The number of nitriles is 1. The van der Waals surface area contributed by atoms with Crippen molar-refractivity contribution in [1.82, 2.24) is 0 Å². The zero-order valence-corrected chi connectivity index (χ0v) is 7.86. The number of nitrogen functional groups attached to an aromatic ring is 1. The van der Waals surface area contributed by atoms with E-state index in [2.05, 4.69) is 4.74 Å². The monoisotopic (exact) mass is 236 g/mol. The van der Waals surface area contributed by atoms with E-state index in [1.807, 2.05) is 0 Å². The van der Waals surface area contributed by atoms with E-state index in [-0.39, 0.29) is 16.3 Å². The van der Waals surface area contributed by atoms with Gasteiger partial charge in [-0.15, -0.1) is 13.2 Å². The summed E-state index contributed by atoms with van der Waals surface area (Å²) >= 11 is 5.50. The van der Waals surface area contributed by atoms with Gasteiger partial charge in [0.25, 0.3) is 0 Å². The molecule has 80 valence electrons. The Balaban J connectivity index is 3.13. The minimum atomic E-state index is -4.83. The van der Waals surface area contributed by atoms with Gasteiger partial charge in [-0.3, -0.25) is 0 Å². The summed E-state index contributed by atoms with van der Waals surface area (Å²) < 4.78 is 39.1. The number of alkyl halides is 3. The van der Waals surface area contributed by atoms with Crippen molar-refractivity contribution in [2.45, 2.75) is 6.36 Å². The molecule has 7 heteroatoms. The normalized spacial score (nSPS) is 10.9. The Morgan fingerprint density at radius 2 is 2.00 bits per heavy atom. The van der Waals surface area contributed by atoms with Crippen LogP contribution in [0.15, 0.2) is 12.1 Å². The first-order valence-corrected chi connectivity index (χ1v) is 3.96. The van der Waals surface area contributed by atoms with Crippen molar-refractivity contribution in [2.24, 2.45) is 0 Å². The van der Waals surface area contributed by atoms with Crippen LogP contribution < -0.4 is 10.5 Å². The van der Waals surface area contributed by atoms with Crippen LogP contribution in [0.4, 0.5) is 18.9 Å². The van der Waals surface area contributed by atoms with E-state index < -0.39 is 12.1 Å². The summed E-state index contributed by atoms with van der Waals surface area (Å²) in [6, 6.07) is 3.37. The maximum atomic E-state index is 11.8. The Kier molecular flexibility index (Phi) is 2.95. The summed E-state index contributed by atoms with van der Waals surface area (Å²) in [5.74, 6) is -0.571. The quantitative estimate of drug-likeness (QED) is 0.763. The molecule has 0 fully saturated rings. The number of hydrogen-bond acceptors (Lipinski definition) is 3.